The minimum atomic E-state index is -1.04. The van der Waals surface area contributed by atoms with Gasteiger partial charge in [-0.3, -0.25) is 10.1 Å². The lowest BCUT2D eigenvalue weighted by Gasteiger charge is -2.02. The van der Waals surface area contributed by atoms with Crippen LogP contribution in [0.1, 0.15) is 12.5 Å². The van der Waals surface area contributed by atoms with Crippen molar-refractivity contribution >= 4 is 32.1 Å². The van der Waals surface area contributed by atoms with Crippen LogP contribution in [0.25, 0.3) is 4.48 Å². The zero-order valence-electron chi connectivity index (χ0n) is 8.31. The van der Waals surface area contributed by atoms with Crippen LogP contribution in [0.3, 0.4) is 0 Å². The number of aliphatic carboxylic acids is 1. The van der Waals surface area contributed by atoms with Gasteiger partial charge in [0.2, 0.25) is 0 Å². The third-order valence-electron chi connectivity index (χ3n) is 1.98. The molecule has 6 heteroatoms. The maximum atomic E-state index is 10.7. The Morgan fingerprint density at radius 2 is 1.88 bits per heavy atom. The molecule has 0 aromatic heterocycles. The predicted octanol–water partition coefficient (Wildman–Crippen LogP) is 2.81. The van der Waals surface area contributed by atoms with Crippen molar-refractivity contribution in [3.63, 3.8) is 0 Å². The molecule has 0 aliphatic carbocycles. The molecule has 1 rings (SSSR count). The topological polar surface area (TPSA) is 80.4 Å². The molecule has 1 N–H and O–H groups in total. The van der Waals surface area contributed by atoms with Crippen LogP contribution in [-0.2, 0) is 4.79 Å². The number of carboxylic acids is 1. The van der Waals surface area contributed by atoms with Gasteiger partial charge in [-0.15, -0.1) is 0 Å². The summed E-state index contributed by atoms with van der Waals surface area (Å²) in [6, 6.07) is 5.64. The molecule has 0 bridgehead atoms. The second kappa shape index (κ2) is 4.89. The van der Waals surface area contributed by atoms with Crippen molar-refractivity contribution in [2.24, 2.45) is 0 Å². The van der Waals surface area contributed by atoms with E-state index in [2.05, 4.69) is 15.9 Å². The van der Waals surface area contributed by atoms with Gasteiger partial charge in [-0.2, -0.15) is 0 Å². The lowest BCUT2D eigenvalue weighted by Crippen LogP contribution is -1.98. The number of nitrogens with zero attached hydrogens (tertiary/aromatic N) is 1. The van der Waals surface area contributed by atoms with Crippen LogP contribution >= 0.6 is 15.9 Å². The number of nitro groups is 1. The normalized spacial score (nSPS) is 11.9. The number of carbonyl (C=O) groups is 1. The second-order valence-corrected chi connectivity index (χ2v) is 3.84. The molecular weight excluding hydrogens is 278 g/mol. The van der Waals surface area contributed by atoms with Crippen molar-refractivity contribution in [2.45, 2.75) is 6.92 Å². The number of carboxylic acid groups (broad SMARTS) is 1. The molecule has 0 atom stereocenters. The van der Waals surface area contributed by atoms with E-state index in [4.69, 9.17) is 5.11 Å². The zero-order chi connectivity index (χ0) is 12.3. The maximum Gasteiger partial charge on any atom is 0.332 e. The molecule has 0 aliphatic rings. The Morgan fingerprint density at radius 3 is 2.25 bits per heavy atom. The number of halogens is 1. The van der Waals surface area contributed by atoms with Crippen LogP contribution in [0.5, 0.6) is 0 Å². The summed E-state index contributed by atoms with van der Waals surface area (Å²) in [6.07, 6.45) is 0. The summed E-state index contributed by atoms with van der Waals surface area (Å²) in [5.41, 5.74) is 0.705. The second-order valence-electron chi connectivity index (χ2n) is 3.05. The molecule has 1 aromatic rings. The van der Waals surface area contributed by atoms with Gasteiger partial charge in [0.1, 0.15) is 0 Å². The quantitative estimate of drug-likeness (QED) is 0.526. The summed E-state index contributed by atoms with van der Waals surface area (Å²) in [5, 5.41) is 19.2. The highest BCUT2D eigenvalue weighted by molar-refractivity contribution is 9.15. The summed E-state index contributed by atoms with van der Waals surface area (Å²) >= 11 is 3.14. The van der Waals surface area contributed by atoms with Gasteiger partial charge in [0.15, 0.2) is 0 Å². The SMILES string of the molecule is C/C(C(=O)O)=C(/Br)c1ccc([N+](=O)[O-])cc1. The fraction of sp³-hybridized carbons (Fsp3) is 0.100. The van der Waals surface area contributed by atoms with E-state index < -0.39 is 10.9 Å². The minimum absolute atomic E-state index is 0.0305. The van der Waals surface area contributed by atoms with Crippen molar-refractivity contribution < 1.29 is 14.8 Å². The zero-order valence-corrected chi connectivity index (χ0v) is 9.89. The Labute approximate surface area is 99.7 Å². The first kappa shape index (κ1) is 12.4. The van der Waals surface area contributed by atoms with Crippen LogP contribution in [0.15, 0.2) is 29.8 Å². The standard InChI is InChI=1S/C10H8BrNO4/c1-6(10(13)14)9(11)7-2-4-8(5-3-7)12(15)16/h2-5H,1H3,(H,13,14)/b9-6-. The van der Waals surface area contributed by atoms with Gasteiger partial charge in [-0.25, -0.2) is 4.79 Å². The van der Waals surface area contributed by atoms with E-state index in [-0.39, 0.29) is 11.3 Å². The molecule has 0 saturated heterocycles. The third-order valence-corrected chi connectivity index (χ3v) is 3.03. The van der Waals surface area contributed by atoms with E-state index in [0.717, 1.165) is 0 Å². The largest absolute Gasteiger partial charge is 0.478 e. The van der Waals surface area contributed by atoms with E-state index in [9.17, 15) is 14.9 Å². The predicted molar refractivity (Wildman–Crippen MR) is 62.3 cm³/mol. The van der Waals surface area contributed by atoms with E-state index in [1.165, 1.54) is 31.2 Å². The lowest BCUT2D eigenvalue weighted by molar-refractivity contribution is -0.384. The number of nitro benzene ring substituents is 1. The molecule has 0 spiro atoms. The molecule has 0 unspecified atom stereocenters. The summed E-state index contributed by atoms with van der Waals surface area (Å²) < 4.78 is 0.412. The monoisotopic (exact) mass is 285 g/mol. The van der Waals surface area contributed by atoms with Crippen molar-refractivity contribution in [1.82, 2.24) is 0 Å². The van der Waals surface area contributed by atoms with Gasteiger partial charge < -0.3 is 5.11 Å². The summed E-state index contributed by atoms with van der Waals surface area (Å²) in [4.78, 5) is 20.6. The molecule has 0 heterocycles. The van der Waals surface area contributed by atoms with Gasteiger partial charge in [-0.05, 0) is 40.5 Å². The van der Waals surface area contributed by atoms with Crippen molar-refractivity contribution in [3.05, 3.63) is 45.5 Å². The molecule has 0 fully saturated rings. The van der Waals surface area contributed by atoms with E-state index >= 15 is 0 Å². The number of rotatable bonds is 3. The van der Waals surface area contributed by atoms with Crippen molar-refractivity contribution in [3.8, 4) is 0 Å². The molecule has 5 nitrogen and oxygen atoms in total. The van der Waals surface area contributed by atoms with Gasteiger partial charge in [0, 0.05) is 22.2 Å². The molecule has 16 heavy (non-hydrogen) atoms. The fourth-order valence-electron chi connectivity index (χ4n) is 1.04. The van der Waals surface area contributed by atoms with Gasteiger partial charge in [-0.1, -0.05) is 0 Å². The van der Waals surface area contributed by atoms with Crippen molar-refractivity contribution in [1.29, 1.82) is 0 Å². The fourth-order valence-corrected chi connectivity index (χ4v) is 1.47. The van der Waals surface area contributed by atoms with Crippen LogP contribution in [-0.4, -0.2) is 16.0 Å². The minimum Gasteiger partial charge on any atom is -0.478 e. The first-order valence-electron chi connectivity index (χ1n) is 4.28. The summed E-state index contributed by atoms with van der Waals surface area (Å²) in [7, 11) is 0. The van der Waals surface area contributed by atoms with Crippen LogP contribution < -0.4 is 0 Å². The van der Waals surface area contributed by atoms with Gasteiger partial charge in [0.05, 0.1) is 4.92 Å². The van der Waals surface area contributed by atoms with E-state index in [1.807, 2.05) is 0 Å². The van der Waals surface area contributed by atoms with Crippen molar-refractivity contribution in [2.75, 3.05) is 0 Å². The van der Waals surface area contributed by atoms with Gasteiger partial charge in [0.25, 0.3) is 5.69 Å². The van der Waals surface area contributed by atoms with E-state index in [1.54, 1.807) is 0 Å². The van der Waals surface area contributed by atoms with Gasteiger partial charge >= 0.3 is 5.97 Å². The van der Waals surface area contributed by atoms with Crippen LogP contribution in [0, 0.1) is 10.1 Å². The van der Waals surface area contributed by atoms with E-state index in [0.29, 0.717) is 10.0 Å². The molecule has 0 saturated carbocycles. The Kier molecular flexibility index (Phi) is 3.78. The highest BCUT2D eigenvalue weighted by atomic mass is 79.9. The molecule has 0 aliphatic heterocycles. The lowest BCUT2D eigenvalue weighted by atomic mass is 10.1. The molecule has 84 valence electrons. The average molecular weight is 286 g/mol. The average Bonchev–Trinajstić information content (AvgIpc) is 2.27. The highest BCUT2D eigenvalue weighted by Crippen LogP contribution is 2.26. The Morgan fingerprint density at radius 1 is 1.38 bits per heavy atom. The molecular formula is C10H8BrNO4. The Hall–Kier alpha value is -1.69. The highest BCUT2D eigenvalue weighted by Gasteiger charge is 2.10. The first-order chi connectivity index (χ1) is 7.43. The van der Waals surface area contributed by atoms with Crippen LogP contribution in [0.4, 0.5) is 5.69 Å². The smallest absolute Gasteiger partial charge is 0.332 e. The summed E-state index contributed by atoms with van der Waals surface area (Å²) in [5.74, 6) is -1.04. The molecule has 1 aromatic carbocycles. The number of benzene rings is 1. The van der Waals surface area contributed by atoms with Crippen LogP contribution in [0.2, 0.25) is 0 Å². The third kappa shape index (κ3) is 2.66. The summed E-state index contributed by atoms with van der Waals surface area (Å²) in [6.45, 7) is 1.45. The first-order valence-corrected chi connectivity index (χ1v) is 5.07. The Bertz CT molecular complexity index is 464. The molecule has 0 radical (unpaired) electrons. The number of non-ortho nitro benzene ring substituents is 1. The molecule has 0 amide bonds. The number of hydrogen-bond donors (Lipinski definition) is 1. The number of hydrogen-bond acceptors (Lipinski definition) is 3. The maximum absolute atomic E-state index is 10.7. The Balaban J connectivity index is 3.12.